The molecule has 7 heteroatoms. The number of carbonyl (C=O) groups excluding carboxylic acids is 2. The van der Waals surface area contributed by atoms with Crippen molar-refractivity contribution < 1.29 is 14.0 Å². The average molecular weight is 366 g/mol. The fourth-order valence-corrected chi connectivity index (χ4v) is 3.42. The summed E-state index contributed by atoms with van der Waals surface area (Å²) in [5, 5.41) is 10.0. The summed E-state index contributed by atoms with van der Waals surface area (Å²) in [5.74, 6) is -1.20. The van der Waals surface area contributed by atoms with Gasteiger partial charge in [0.25, 0.3) is 0 Å². The van der Waals surface area contributed by atoms with Crippen LogP contribution in [0.5, 0.6) is 0 Å². The molecular weight excluding hydrogens is 347 g/mol. The van der Waals surface area contributed by atoms with E-state index in [9.17, 15) is 14.0 Å². The second-order valence-electron chi connectivity index (χ2n) is 6.85. The van der Waals surface area contributed by atoms with Crippen molar-refractivity contribution in [2.75, 3.05) is 16.8 Å². The summed E-state index contributed by atoms with van der Waals surface area (Å²) in [5.41, 5.74) is 3.33. The molecule has 27 heavy (non-hydrogen) atoms. The minimum atomic E-state index is -0.518. The highest BCUT2D eigenvalue weighted by Gasteiger charge is 2.37. The molecule has 0 bridgehead atoms. The Balaban J connectivity index is 1.57. The summed E-state index contributed by atoms with van der Waals surface area (Å²) in [7, 11) is 0. The van der Waals surface area contributed by atoms with Crippen LogP contribution in [-0.2, 0) is 9.59 Å². The first-order valence-corrected chi connectivity index (χ1v) is 8.75. The van der Waals surface area contributed by atoms with Crippen LogP contribution in [-0.4, -0.2) is 28.6 Å². The van der Waals surface area contributed by atoms with E-state index < -0.39 is 11.7 Å². The van der Waals surface area contributed by atoms with Crippen LogP contribution in [0, 0.1) is 25.6 Å². The molecular formula is C20H19FN4O2. The van der Waals surface area contributed by atoms with E-state index in [1.165, 1.54) is 11.0 Å². The molecule has 2 aromatic carbocycles. The highest BCUT2D eigenvalue weighted by molar-refractivity contribution is 6.07. The van der Waals surface area contributed by atoms with Crippen molar-refractivity contribution in [3.8, 4) is 0 Å². The molecule has 2 N–H and O–H groups in total. The normalized spacial score (nSPS) is 16.9. The van der Waals surface area contributed by atoms with Crippen LogP contribution >= 0.6 is 0 Å². The van der Waals surface area contributed by atoms with Crippen molar-refractivity contribution in [2.45, 2.75) is 20.3 Å². The van der Waals surface area contributed by atoms with Crippen molar-refractivity contribution in [3.05, 3.63) is 53.3 Å². The molecule has 1 atom stereocenters. The number of hydrogen-bond donors (Lipinski definition) is 2. The number of rotatable bonds is 3. The van der Waals surface area contributed by atoms with Gasteiger partial charge in [0, 0.05) is 18.7 Å². The molecule has 0 spiro atoms. The van der Waals surface area contributed by atoms with Crippen LogP contribution in [0.4, 0.5) is 15.9 Å². The summed E-state index contributed by atoms with van der Waals surface area (Å²) in [6.45, 7) is 4.09. The maximum absolute atomic E-state index is 14.2. The molecule has 2 amide bonds. The molecule has 1 fully saturated rings. The van der Waals surface area contributed by atoms with Crippen LogP contribution in [0.1, 0.15) is 17.5 Å². The van der Waals surface area contributed by atoms with Gasteiger partial charge in [0.1, 0.15) is 5.82 Å². The lowest BCUT2D eigenvalue weighted by Crippen LogP contribution is -2.28. The second kappa shape index (κ2) is 6.50. The maximum Gasteiger partial charge on any atom is 0.229 e. The van der Waals surface area contributed by atoms with Gasteiger partial charge in [-0.1, -0.05) is 18.2 Å². The standard InChI is InChI=1S/C20H19FN4O2/c1-11-5-3-7-15(12(11)2)22-20(27)13-9-17(26)25(10-13)19-18-14(21)6-4-8-16(18)23-24-19/h3-8,13H,9-10H2,1-2H3,(H,22,27)(H,23,24). The van der Waals surface area contributed by atoms with Crippen LogP contribution in [0.25, 0.3) is 10.9 Å². The highest BCUT2D eigenvalue weighted by atomic mass is 19.1. The number of halogens is 1. The smallest absolute Gasteiger partial charge is 0.229 e. The van der Waals surface area contributed by atoms with Gasteiger partial charge in [-0.3, -0.25) is 19.6 Å². The van der Waals surface area contributed by atoms with Gasteiger partial charge in [0.2, 0.25) is 11.8 Å². The third kappa shape index (κ3) is 2.95. The molecule has 1 unspecified atom stereocenters. The Bertz CT molecular complexity index is 1060. The van der Waals surface area contributed by atoms with E-state index in [1.54, 1.807) is 12.1 Å². The van der Waals surface area contributed by atoms with Crippen molar-refractivity contribution in [1.82, 2.24) is 10.2 Å². The number of carbonyl (C=O) groups is 2. The van der Waals surface area contributed by atoms with E-state index in [2.05, 4.69) is 15.5 Å². The molecule has 0 radical (unpaired) electrons. The molecule has 1 saturated heterocycles. The molecule has 0 aliphatic carbocycles. The summed E-state index contributed by atoms with van der Waals surface area (Å²) < 4.78 is 14.2. The van der Waals surface area contributed by atoms with E-state index in [1.807, 2.05) is 32.0 Å². The number of fused-ring (bicyclic) bond motifs is 1. The molecule has 138 valence electrons. The lowest BCUT2D eigenvalue weighted by molar-refractivity contribution is -0.122. The van der Waals surface area contributed by atoms with E-state index in [4.69, 9.17) is 0 Å². The van der Waals surface area contributed by atoms with Gasteiger partial charge in [0.15, 0.2) is 5.82 Å². The van der Waals surface area contributed by atoms with Crippen molar-refractivity contribution in [3.63, 3.8) is 0 Å². The number of aryl methyl sites for hydroxylation is 1. The Kier molecular flexibility index (Phi) is 4.14. The lowest BCUT2D eigenvalue weighted by Gasteiger charge is -2.15. The number of anilines is 2. The van der Waals surface area contributed by atoms with E-state index in [0.717, 1.165) is 16.8 Å². The Morgan fingerprint density at radius 2 is 2.04 bits per heavy atom. The number of nitrogens with one attached hydrogen (secondary N) is 2. The number of aromatic amines is 1. The first-order chi connectivity index (χ1) is 13.0. The zero-order chi connectivity index (χ0) is 19.1. The first-order valence-electron chi connectivity index (χ1n) is 8.75. The van der Waals surface area contributed by atoms with Crippen LogP contribution in [0.15, 0.2) is 36.4 Å². The maximum atomic E-state index is 14.2. The number of hydrogen-bond acceptors (Lipinski definition) is 3. The summed E-state index contributed by atoms with van der Waals surface area (Å²) >= 11 is 0. The van der Waals surface area contributed by atoms with Gasteiger partial charge in [-0.2, -0.15) is 5.10 Å². The molecule has 3 aromatic rings. The second-order valence-corrected chi connectivity index (χ2v) is 6.85. The largest absolute Gasteiger partial charge is 0.326 e. The summed E-state index contributed by atoms with van der Waals surface area (Å²) in [6, 6.07) is 10.3. The fourth-order valence-electron chi connectivity index (χ4n) is 3.42. The lowest BCUT2D eigenvalue weighted by atomic mass is 10.1. The van der Waals surface area contributed by atoms with E-state index >= 15 is 0 Å². The van der Waals surface area contributed by atoms with Gasteiger partial charge in [-0.05, 0) is 43.2 Å². The van der Waals surface area contributed by atoms with Crippen LogP contribution < -0.4 is 10.2 Å². The Hall–Kier alpha value is -3.22. The molecule has 1 aliphatic rings. The molecule has 1 aromatic heterocycles. The van der Waals surface area contributed by atoms with Crippen LogP contribution in [0.3, 0.4) is 0 Å². The van der Waals surface area contributed by atoms with E-state index in [0.29, 0.717) is 5.52 Å². The number of benzene rings is 2. The van der Waals surface area contributed by atoms with Gasteiger partial charge in [0.05, 0.1) is 16.8 Å². The summed E-state index contributed by atoms with van der Waals surface area (Å²) in [4.78, 5) is 26.5. The quantitative estimate of drug-likeness (QED) is 0.746. The monoisotopic (exact) mass is 366 g/mol. The predicted molar refractivity (Wildman–Crippen MR) is 101 cm³/mol. The molecule has 6 nitrogen and oxygen atoms in total. The topological polar surface area (TPSA) is 78.1 Å². The predicted octanol–water partition coefficient (Wildman–Crippen LogP) is 3.31. The zero-order valence-corrected chi connectivity index (χ0v) is 15.0. The van der Waals surface area contributed by atoms with Gasteiger partial charge in [-0.25, -0.2) is 4.39 Å². The zero-order valence-electron chi connectivity index (χ0n) is 15.0. The minimum absolute atomic E-state index is 0.0690. The van der Waals surface area contributed by atoms with Crippen LogP contribution in [0.2, 0.25) is 0 Å². The van der Waals surface area contributed by atoms with Gasteiger partial charge >= 0.3 is 0 Å². The van der Waals surface area contributed by atoms with Crippen molar-refractivity contribution in [1.29, 1.82) is 0 Å². The average Bonchev–Trinajstić information content (AvgIpc) is 3.23. The Labute approximate surface area is 155 Å². The third-order valence-electron chi connectivity index (χ3n) is 5.13. The molecule has 0 saturated carbocycles. The first kappa shape index (κ1) is 17.2. The fraction of sp³-hybridized carbons (Fsp3) is 0.250. The highest BCUT2D eigenvalue weighted by Crippen LogP contribution is 2.32. The molecule has 4 rings (SSSR count). The number of amides is 2. The third-order valence-corrected chi connectivity index (χ3v) is 5.13. The number of H-pyrrole nitrogens is 1. The van der Waals surface area contributed by atoms with Crippen molar-refractivity contribution in [2.24, 2.45) is 5.92 Å². The summed E-state index contributed by atoms with van der Waals surface area (Å²) in [6.07, 6.45) is 0.0690. The number of nitrogens with zero attached hydrogens (tertiary/aromatic N) is 2. The number of aromatic nitrogens is 2. The van der Waals surface area contributed by atoms with Crippen molar-refractivity contribution >= 4 is 34.2 Å². The van der Waals surface area contributed by atoms with E-state index in [-0.39, 0.29) is 36.0 Å². The molecule has 1 aliphatic heterocycles. The van der Waals surface area contributed by atoms with Gasteiger partial charge in [-0.15, -0.1) is 0 Å². The SMILES string of the molecule is Cc1cccc(NC(=O)C2CC(=O)N(c3n[nH]c4cccc(F)c34)C2)c1C. The Morgan fingerprint density at radius 3 is 2.85 bits per heavy atom. The van der Waals surface area contributed by atoms with Gasteiger partial charge < -0.3 is 5.32 Å². The molecule has 2 heterocycles. The Morgan fingerprint density at radius 1 is 1.26 bits per heavy atom. The minimum Gasteiger partial charge on any atom is -0.326 e.